The van der Waals surface area contributed by atoms with Crippen molar-refractivity contribution in [1.29, 1.82) is 0 Å². The number of aromatic carboxylic acids is 1. The molecule has 0 radical (unpaired) electrons. The fourth-order valence-corrected chi connectivity index (χ4v) is 1.73. The van der Waals surface area contributed by atoms with E-state index in [4.69, 9.17) is 9.84 Å². The zero-order chi connectivity index (χ0) is 15.0. The molecule has 2 amide bonds. The first-order valence-electron chi connectivity index (χ1n) is 6.42. The first kappa shape index (κ1) is 16.0. The molecule has 0 aliphatic rings. The highest BCUT2D eigenvalue weighted by molar-refractivity contribution is 5.92. The van der Waals surface area contributed by atoms with Crippen LogP contribution in [0.15, 0.2) is 18.2 Å². The Balaban J connectivity index is 2.42. The molecule has 0 unspecified atom stereocenters. The van der Waals surface area contributed by atoms with Crippen LogP contribution >= 0.6 is 0 Å². The Labute approximate surface area is 118 Å². The minimum Gasteiger partial charge on any atom is -0.478 e. The lowest BCUT2D eigenvalue weighted by atomic mass is 10.1. The zero-order valence-electron chi connectivity index (χ0n) is 11.7. The molecule has 1 aromatic rings. The predicted octanol–water partition coefficient (Wildman–Crippen LogP) is 2.24. The summed E-state index contributed by atoms with van der Waals surface area (Å²) in [6.45, 7) is 2.94. The highest BCUT2D eigenvalue weighted by Gasteiger charge is 2.08. The first-order chi connectivity index (χ1) is 9.54. The number of benzene rings is 1. The number of aryl methyl sites for hydroxylation is 1. The monoisotopic (exact) mass is 280 g/mol. The van der Waals surface area contributed by atoms with E-state index in [0.29, 0.717) is 24.4 Å². The van der Waals surface area contributed by atoms with E-state index in [2.05, 4.69) is 10.6 Å². The van der Waals surface area contributed by atoms with Gasteiger partial charge in [-0.25, -0.2) is 9.59 Å². The number of anilines is 1. The predicted molar refractivity (Wildman–Crippen MR) is 76.3 cm³/mol. The molecule has 3 N–H and O–H groups in total. The second-order valence-electron chi connectivity index (χ2n) is 4.42. The van der Waals surface area contributed by atoms with Gasteiger partial charge < -0.3 is 20.5 Å². The molecule has 0 saturated carbocycles. The summed E-state index contributed by atoms with van der Waals surface area (Å²) in [5.74, 6) is -0.975. The van der Waals surface area contributed by atoms with Crippen LogP contribution in [0.3, 0.4) is 0 Å². The summed E-state index contributed by atoms with van der Waals surface area (Å²) in [5.41, 5.74) is 1.41. The van der Waals surface area contributed by atoms with Gasteiger partial charge in [0.2, 0.25) is 0 Å². The number of amides is 2. The van der Waals surface area contributed by atoms with Gasteiger partial charge in [0, 0.05) is 25.9 Å². The van der Waals surface area contributed by atoms with Gasteiger partial charge in [-0.05, 0) is 43.5 Å². The van der Waals surface area contributed by atoms with E-state index in [1.807, 2.05) is 0 Å². The molecular weight excluding hydrogens is 260 g/mol. The summed E-state index contributed by atoms with van der Waals surface area (Å²) < 4.78 is 4.91. The van der Waals surface area contributed by atoms with Crippen LogP contribution in [0.5, 0.6) is 0 Å². The zero-order valence-corrected chi connectivity index (χ0v) is 11.7. The fraction of sp³-hybridized carbons (Fsp3) is 0.429. The van der Waals surface area contributed by atoms with E-state index in [0.717, 1.165) is 12.8 Å². The van der Waals surface area contributed by atoms with Crippen molar-refractivity contribution in [2.24, 2.45) is 0 Å². The molecule has 0 bridgehead atoms. The minimum absolute atomic E-state index is 0.232. The van der Waals surface area contributed by atoms with Crippen molar-refractivity contribution >= 4 is 17.7 Å². The maximum Gasteiger partial charge on any atom is 0.335 e. The van der Waals surface area contributed by atoms with Crippen LogP contribution in [0.1, 0.15) is 28.8 Å². The molecule has 0 aliphatic carbocycles. The van der Waals surface area contributed by atoms with Crippen LogP contribution in [0.4, 0.5) is 10.5 Å². The lowest BCUT2D eigenvalue weighted by Crippen LogP contribution is -2.29. The Morgan fingerprint density at radius 1 is 1.30 bits per heavy atom. The Hall–Kier alpha value is -2.08. The molecule has 20 heavy (non-hydrogen) atoms. The number of hydrogen-bond donors (Lipinski definition) is 3. The summed E-state index contributed by atoms with van der Waals surface area (Å²) in [6, 6.07) is 4.38. The van der Waals surface area contributed by atoms with Gasteiger partial charge in [0.15, 0.2) is 0 Å². The standard InChI is InChI=1S/C14H20N2O4/c1-10-9-11(5-6-12(10)13(17)18)16-14(19)15-7-3-4-8-20-2/h5-6,9H,3-4,7-8H2,1-2H3,(H,17,18)(H2,15,16,19). The summed E-state index contributed by atoms with van der Waals surface area (Å²) in [6.07, 6.45) is 1.74. The van der Waals surface area contributed by atoms with Crippen LogP contribution in [0.2, 0.25) is 0 Å². The Morgan fingerprint density at radius 3 is 2.65 bits per heavy atom. The van der Waals surface area contributed by atoms with Crippen molar-refractivity contribution < 1.29 is 19.4 Å². The summed E-state index contributed by atoms with van der Waals surface area (Å²) in [4.78, 5) is 22.5. The number of hydrogen-bond acceptors (Lipinski definition) is 3. The molecule has 1 rings (SSSR count). The van der Waals surface area contributed by atoms with E-state index < -0.39 is 5.97 Å². The molecular formula is C14H20N2O4. The number of carbonyl (C=O) groups is 2. The van der Waals surface area contributed by atoms with E-state index in [1.165, 1.54) is 6.07 Å². The number of rotatable bonds is 7. The van der Waals surface area contributed by atoms with Crippen molar-refractivity contribution in [2.75, 3.05) is 25.6 Å². The largest absolute Gasteiger partial charge is 0.478 e. The smallest absolute Gasteiger partial charge is 0.335 e. The van der Waals surface area contributed by atoms with E-state index >= 15 is 0 Å². The number of ether oxygens (including phenoxy) is 1. The molecule has 6 nitrogen and oxygen atoms in total. The molecule has 0 fully saturated rings. The van der Waals surface area contributed by atoms with Gasteiger partial charge in [-0.15, -0.1) is 0 Å². The van der Waals surface area contributed by atoms with Crippen LogP contribution in [-0.2, 0) is 4.74 Å². The van der Waals surface area contributed by atoms with E-state index in [-0.39, 0.29) is 11.6 Å². The molecule has 0 atom stereocenters. The van der Waals surface area contributed by atoms with E-state index in [9.17, 15) is 9.59 Å². The maximum absolute atomic E-state index is 11.6. The normalized spacial score (nSPS) is 10.1. The third kappa shape index (κ3) is 5.27. The molecule has 0 heterocycles. The number of carboxylic acids is 1. The van der Waals surface area contributed by atoms with Crippen LogP contribution < -0.4 is 10.6 Å². The topological polar surface area (TPSA) is 87.7 Å². The van der Waals surface area contributed by atoms with Gasteiger partial charge >= 0.3 is 12.0 Å². The van der Waals surface area contributed by atoms with Crippen molar-refractivity contribution in [2.45, 2.75) is 19.8 Å². The summed E-state index contributed by atoms with van der Waals surface area (Å²) >= 11 is 0. The Morgan fingerprint density at radius 2 is 2.05 bits per heavy atom. The quantitative estimate of drug-likeness (QED) is 0.668. The molecule has 6 heteroatoms. The molecule has 0 aliphatic heterocycles. The number of urea groups is 1. The number of carboxylic acid groups (broad SMARTS) is 1. The lowest BCUT2D eigenvalue weighted by Gasteiger charge is -2.09. The van der Waals surface area contributed by atoms with Gasteiger partial charge in [-0.3, -0.25) is 0 Å². The third-order valence-electron chi connectivity index (χ3n) is 2.78. The van der Waals surface area contributed by atoms with Crippen molar-refractivity contribution in [3.63, 3.8) is 0 Å². The Kier molecular flexibility index (Phi) is 6.52. The average molecular weight is 280 g/mol. The third-order valence-corrected chi connectivity index (χ3v) is 2.78. The molecule has 0 aromatic heterocycles. The first-order valence-corrected chi connectivity index (χ1v) is 6.42. The second-order valence-corrected chi connectivity index (χ2v) is 4.42. The van der Waals surface area contributed by atoms with Crippen LogP contribution in [0, 0.1) is 6.92 Å². The van der Waals surface area contributed by atoms with Crippen molar-refractivity contribution in [1.82, 2.24) is 5.32 Å². The average Bonchev–Trinajstić information content (AvgIpc) is 2.38. The van der Waals surface area contributed by atoms with Gasteiger partial charge in [-0.1, -0.05) is 0 Å². The SMILES string of the molecule is COCCCCNC(=O)Nc1ccc(C(=O)O)c(C)c1. The van der Waals surface area contributed by atoms with Gasteiger partial charge in [-0.2, -0.15) is 0 Å². The molecule has 0 spiro atoms. The number of methoxy groups -OCH3 is 1. The fourth-order valence-electron chi connectivity index (χ4n) is 1.73. The summed E-state index contributed by atoms with van der Waals surface area (Å²) in [5, 5.41) is 14.3. The second kappa shape index (κ2) is 8.16. The number of nitrogens with one attached hydrogen (secondary N) is 2. The number of unbranched alkanes of at least 4 members (excludes halogenated alkanes) is 1. The van der Waals surface area contributed by atoms with Gasteiger partial charge in [0.1, 0.15) is 0 Å². The molecule has 1 aromatic carbocycles. The molecule has 0 saturated heterocycles. The summed E-state index contributed by atoms with van der Waals surface area (Å²) in [7, 11) is 1.64. The van der Waals surface area contributed by atoms with Crippen molar-refractivity contribution in [3.8, 4) is 0 Å². The van der Waals surface area contributed by atoms with Crippen molar-refractivity contribution in [3.05, 3.63) is 29.3 Å². The highest BCUT2D eigenvalue weighted by Crippen LogP contribution is 2.15. The van der Waals surface area contributed by atoms with Crippen LogP contribution in [-0.4, -0.2) is 37.4 Å². The minimum atomic E-state index is -0.975. The van der Waals surface area contributed by atoms with Crippen LogP contribution in [0.25, 0.3) is 0 Å². The van der Waals surface area contributed by atoms with E-state index in [1.54, 1.807) is 26.2 Å². The highest BCUT2D eigenvalue weighted by atomic mass is 16.5. The number of carbonyl (C=O) groups excluding carboxylic acids is 1. The Bertz CT molecular complexity index is 474. The van der Waals surface area contributed by atoms with Gasteiger partial charge in [0.05, 0.1) is 5.56 Å². The molecule has 110 valence electrons. The maximum atomic E-state index is 11.6. The lowest BCUT2D eigenvalue weighted by molar-refractivity contribution is 0.0696. The van der Waals surface area contributed by atoms with Gasteiger partial charge in [0.25, 0.3) is 0 Å².